The van der Waals surface area contributed by atoms with Gasteiger partial charge in [0.2, 0.25) is 0 Å². The molecule has 0 unspecified atom stereocenters. The van der Waals surface area contributed by atoms with Crippen LogP contribution in [0.5, 0.6) is 0 Å². The Morgan fingerprint density at radius 2 is 2.11 bits per heavy atom. The summed E-state index contributed by atoms with van der Waals surface area (Å²) in [5.74, 6) is 0.475. The predicted molar refractivity (Wildman–Crippen MR) is 61.3 cm³/mol. The van der Waals surface area contributed by atoms with Crippen LogP contribution in [-0.4, -0.2) is 23.7 Å². The largest absolute Gasteiger partial charge is 0.417 e. The summed E-state index contributed by atoms with van der Waals surface area (Å²) in [5.41, 5.74) is -0.728. The van der Waals surface area contributed by atoms with Crippen molar-refractivity contribution in [3.63, 3.8) is 0 Å². The van der Waals surface area contributed by atoms with Crippen LogP contribution in [0.25, 0.3) is 0 Å². The lowest BCUT2D eigenvalue weighted by molar-refractivity contribution is -0.137. The van der Waals surface area contributed by atoms with E-state index in [1.165, 1.54) is 6.07 Å². The number of rotatable bonds is 4. The third-order valence-electron chi connectivity index (χ3n) is 2.94. The smallest absolute Gasteiger partial charge is 0.378 e. The van der Waals surface area contributed by atoms with Gasteiger partial charge >= 0.3 is 6.18 Å². The van der Waals surface area contributed by atoms with Crippen molar-refractivity contribution in [3.8, 4) is 0 Å². The van der Waals surface area contributed by atoms with Crippen LogP contribution in [-0.2, 0) is 10.9 Å². The van der Waals surface area contributed by atoms with Crippen LogP contribution in [0.1, 0.15) is 25.3 Å². The zero-order valence-corrected chi connectivity index (χ0v) is 10.00. The van der Waals surface area contributed by atoms with E-state index in [9.17, 15) is 13.2 Å². The van der Waals surface area contributed by atoms with Crippen LogP contribution in [0.4, 0.5) is 19.0 Å². The first-order chi connectivity index (χ1) is 8.49. The SMILES string of the molecule is CCOC1CC(Nc2ccc(C(F)(F)F)cn2)C1. The Morgan fingerprint density at radius 3 is 2.61 bits per heavy atom. The van der Waals surface area contributed by atoms with E-state index in [-0.39, 0.29) is 12.1 Å². The Labute approximate surface area is 103 Å². The average molecular weight is 260 g/mol. The number of anilines is 1. The summed E-state index contributed by atoms with van der Waals surface area (Å²) in [6.45, 7) is 2.63. The third kappa shape index (κ3) is 3.13. The Hall–Kier alpha value is -1.30. The van der Waals surface area contributed by atoms with E-state index in [1.54, 1.807) is 0 Å². The number of hydrogen-bond acceptors (Lipinski definition) is 3. The van der Waals surface area contributed by atoms with Crippen LogP contribution in [0.2, 0.25) is 0 Å². The summed E-state index contributed by atoms with van der Waals surface area (Å²) in [7, 11) is 0. The second-order valence-corrected chi connectivity index (χ2v) is 4.32. The second-order valence-electron chi connectivity index (χ2n) is 4.32. The van der Waals surface area contributed by atoms with E-state index in [0.29, 0.717) is 12.4 Å². The first kappa shape index (κ1) is 13.1. The molecule has 6 heteroatoms. The first-order valence-corrected chi connectivity index (χ1v) is 5.90. The summed E-state index contributed by atoms with van der Waals surface area (Å²) < 4.78 is 42.4. The van der Waals surface area contributed by atoms with Crippen molar-refractivity contribution >= 4 is 5.82 Å². The molecule has 0 amide bonds. The Balaban J connectivity index is 1.85. The predicted octanol–water partition coefficient (Wildman–Crippen LogP) is 3.08. The fourth-order valence-corrected chi connectivity index (χ4v) is 1.91. The van der Waals surface area contributed by atoms with E-state index in [4.69, 9.17) is 4.74 Å². The van der Waals surface area contributed by atoms with Crippen LogP contribution >= 0.6 is 0 Å². The van der Waals surface area contributed by atoms with Crippen molar-refractivity contribution in [2.75, 3.05) is 11.9 Å². The number of nitrogens with zero attached hydrogens (tertiary/aromatic N) is 1. The van der Waals surface area contributed by atoms with Crippen molar-refractivity contribution < 1.29 is 17.9 Å². The average Bonchev–Trinajstić information content (AvgIpc) is 2.26. The Kier molecular flexibility index (Phi) is 3.75. The summed E-state index contributed by atoms with van der Waals surface area (Å²) in [6, 6.07) is 2.64. The van der Waals surface area contributed by atoms with Crippen LogP contribution in [0.15, 0.2) is 18.3 Å². The molecule has 0 spiro atoms. The zero-order valence-electron chi connectivity index (χ0n) is 10.00. The lowest BCUT2D eigenvalue weighted by Gasteiger charge is -2.35. The molecule has 1 aromatic heterocycles. The molecular weight excluding hydrogens is 245 g/mol. The highest BCUT2D eigenvalue weighted by Crippen LogP contribution is 2.30. The number of nitrogens with one attached hydrogen (secondary N) is 1. The van der Waals surface area contributed by atoms with Gasteiger partial charge in [-0.1, -0.05) is 0 Å². The topological polar surface area (TPSA) is 34.1 Å². The quantitative estimate of drug-likeness (QED) is 0.903. The van der Waals surface area contributed by atoms with E-state index in [0.717, 1.165) is 25.1 Å². The number of alkyl halides is 3. The highest BCUT2D eigenvalue weighted by molar-refractivity contribution is 5.38. The van der Waals surface area contributed by atoms with Gasteiger partial charge in [-0.05, 0) is 31.9 Å². The fraction of sp³-hybridized carbons (Fsp3) is 0.583. The Morgan fingerprint density at radius 1 is 1.39 bits per heavy atom. The van der Waals surface area contributed by atoms with Gasteiger partial charge in [0.05, 0.1) is 11.7 Å². The maximum atomic E-state index is 12.3. The molecule has 1 aliphatic rings. The normalized spacial score (nSPS) is 23.6. The van der Waals surface area contributed by atoms with E-state index >= 15 is 0 Å². The summed E-state index contributed by atoms with van der Waals surface area (Å²) >= 11 is 0. The second kappa shape index (κ2) is 5.14. The minimum atomic E-state index is -4.33. The van der Waals surface area contributed by atoms with Gasteiger partial charge in [-0.2, -0.15) is 13.2 Å². The van der Waals surface area contributed by atoms with Crippen molar-refractivity contribution in [2.45, 2.75) is 38.1 Å². The third-order valence-corrected chi connectivity index (χ3v) is 2.94. The number of halogens is 3. The molecule has 3 nitrogen and oxygen atoms in total. The highest BCUT2D eigenvalue weighted by Gasteiger charge is 2.32. The maximum Gasteiger partial charge on any atom is 0.417 e. The van der Waals surface area contributed by atoms with Gasteiger partial charge in [-0.3, -0.25) is 0 Å². The number of aromatic nitrogens is 1. The molecular formula is C12H15F3N2O. The van der Waals surface area contributed by atoms with Gasteiger partial charge in [-0.15, -0.1) is 0 Å². The number of pyridine rings is 1. The summed E-state index contributed by atoms with van der Waals surface area (Å²) in [5, 5.41) is 3.09. The van der Waals surface area contributed by atoms with Gasteiger partial charge in [0.1, 0.15) is 5.82 Å². The lowest BCUT2D eigenvalue weighted by Crippen LogP contribution is -2.41. The Bertz CT molecular complexity index is 385. The van der Waals surface area contributed by atoms with Gasteiger partial charge in [0.25, 0.3) is 0 Å². The summed E-state index contributed by atoms with van der Waals surface area (Å²) in [4.78, 5) is 3.77. The molecule has 1 N–H and O–H groups in total. The summed E-state index contributed by atoms with van der Waals surface area (Å²) in [6.07, 6.45) is -1.47. The molecule has 0 aliphatic heterocycles. The number of ether oxygens (including phenoxy) is 1. The monoisotopic (exact) mass is 260 g/mol. The van der Waals surface area contributed by atoms with Crippen molar-refractivity contribution in [1.29, 1.82) is 0 Å². The number of hydrogen-bond donors (Lipinski definition) is 1. The van der Waals surface area contributed by atoms with E-state index < -0.39 is 11.7 Å². The van der Waals surface area contributed by atoms with E-state index in [2.05, 4.69) is 10.3 Å². The molecule has 0 saturated heterocycles. The van der Waals surface area contributed by atoms with Crippen molar-refractivity contribution in [3.05, 3.63) is 23.9 Å². The van der Waals surface area contributed by atoms with Crippen LogP contribution in [0, 0.1) is 0 Å². The molecule has 1 aliphatic carbocycles. The first-order valence-electron chi connectivity index (χ1n) is 5.90. The molecule has 0 aromatic carbocycles. The molecule has 18 heavy (non-hydrogen) atoms. The minimum Gasteiger partial charge on any atom is -0.378 e. The van der Waals surface area contributed by atoms with Crippen LogP contribution < -0.4 is 5.32 Å². The molecule has 1 fully saturated rings. The van der Waals surface area contributed by atoms with Crippen molar-refractivity contribution in [1.82, 2.24) is 4.98 Å². The van der Waals surface area contributed by atoms with Gasteiger partial charge in [0, 0.05) is 18.8 Å². The molecule has 0 bridgehead atoms. The highest BCUT2D eigenvalue weighted by atomic mass is 19.4. The van der Waals surface area contributed by atoms with Gasteiger partial charge in [-0.25, -0.2) is 4.98 Å². The molecule has 1 saturated carbocycles. The molecule has 100 valence electrons. The van der Waals surface area contributed by atoms with Crippen LogP contribution in [0.3, 0.4) is 0 Å². The standard InChI is InChI=1S/C12H15F3N2O/c1-2-18-10-5-9(6-10)17-11-4-3-8(7-16-11)12(13,14)15/h3-4,7,9-10H,2,5-6H2,1H3,(H,16,17). The van der Waals surface area contributed by atoms with Crippen molar-refractivity contribution in [2.24, 2.45) is 0 Å². The van der Waals surface area contributed by atoms with E-state index in [1.807, 2.05) is 6.92 Å². The van der Waals surface area contributed by atoms with Gasteiger partial charge in [0.15, 0.2) is 0 Å². The molecule has 0 radical (unpaired) electrons. The maximum absolute atomic E-state index is 12.3. The molecule has 1 heterocycles. The zero-order chi connectivity index (χ0) is 13.2. The fourth-order valence-electron chi connectivity index (χ4n) is 1.91. The van der Waals surface area contributed by atoms with Gasteiger partial charge < -0.3 is 10.1 Å². The molecule has 2 rings (SSSR count). The minimum absolute atomic E-state index is 0.241. The molecule has 0 atom stereocenters. The molecule has 1 aromatic rings. The lowest BCUT2D eigenvalue weighted by atomic mass is 9.89.